The van der Waals surface area contributed by atoms with Crippen molar-refractivity contribution >= 4 is 15.9 Å². The van der Waals surface area contributed by atoms with Gasteiger partial charge in [-0.1, -0.05) is 40.1 Å². The molecule has 1 unspecified atom stereocenters. The van der Waals surface area contributed by atoms with Crippen LogP contribution >= 0.6 is 15.9 Å². The largest absolute Gasteiger partial charge is 0.339 e. The van der Waals surface area contributed by atoms with Gasteiger partial charge in [-0.2, -0.15) is 4.98 Å². The SMILES string of the molecule is CCc1nc(C(N)c2ccc(C)cc2Br)no1. The molecule has 0 fully saturated rings. The molecule has 0 radical (unpaired) electrons. The Kier molecular flexibility index (Phi) is 3.59. The third-order valence-electron chi connectivity index (χ3n) is 2.56. The van der Waals surface area contributed by atoms with E-state index in [1.165, 1.54) is 5.56 Å². The Labute approximate surface area is 108 Å². The van der Waals surface area contributed by atoms with Crippen molar-refractivity contribution in [2.75, 3.05) is 0 Å². The van der Waals surface area contributed by atoms with Crippen LogP contribution in [0.2, 0.25) is 0 Å². The van der Waals surface area contributed by atoms with Gasteiger partial charge in [0.2, 0.25) is 5.89 Å². The van der Waals surface area contributed by atoms with Crippen molar-refractivity contribution in [1.29, 1.82) is 0 Å². The van der Waals surface area contributed by atoms with Crippen LogP contribution in [0.3, 0.4) is 0 Å². The van der Waals surface area contributed by atoms with Crippen LogP contribution in [0.1, 0.15) is 35.8 Å². The number of aryl methyl sites for hydroxylation is 2. The van der Waals surface area contributed by atoms with Gasteiger partial charge >= 0.3 is 0 Å². The Morgan fingerprint density at radius 2 is 2.24 bits per heavy atom. The van der Waals surface area contributed by atoms with Crippen LogP contribution in [-0.4, -0.2) is 10.1 Å². The maximum atomic E-state index is 6.12. The number of nitrogens with two attached hydrogens (primary N) is 1. The van der Waals surface area contributed by atoms with E-state index >= 15 is 0 Å². The molecule has 5 heteroatoms. The van der Waals surface area contributed by atoms with Crippen LogP contribution < -0.4 is 5.73 Å². The van der Waals surface area contributed by atoms with Gasteiger partial charge in [0, 0.05) is 10.9 Å². The van der Waals surface area contributed by atoms with E-state index in [0.29, 0.717) is 11.7 Å². The summed E-state index contributed by atoms with van der Waals surface area (Å²) in [5.74, 6) is 1.13. The van der Waals surface area contributed by atoms with Crippen molar-refractivity contribution in [2.45, 2.75) is 26.3 Å². The lowest BCUT2D eigenvalue weighted by Gasteiger charge is -2.10. The fourth-order valence-corrected chi connectivity index (χ4v) is 2.30. The number of benzene rings is 1. The standard InChI is InChI=1S/C12H14BrN3O/c1-3-10-15-12(16-17-10)11(14)8-5-4-7(2)6-9(8)13/h4-6,11H,3,14H2,1-2H3. The molecule has 2 rings (SSSR count). The van der Waals surface area contributed by atoms with Gasteiger partial charge in [0.15, 0.2) is 5.82 Å². The third-order valence-corrected chi connectivity index (χ3v) is 3.24. The van der Waals surface area contributed by atoms with E-state index in [1.54, 1.807) is 0 Å². The first kappa shape index (κ1) is 12.3. The summed E-state index contributed by atoms with van der Waals surface area (Å²) in [4.78, 5) is 4.24. The number of halogens is 1. The molecule has 0 aliphatic carbocycles. The molecule has 0 aliphatic rings. The van der Waals surface area contributed by atoms with Gasteiger partial charge in [0.1, 0.15) is 0 Å². The van der Waals surface area contributed by atoms with E-state index in [1.807, 2.05) is 32.0 Å². The molecule has 2 aromatic rings. The zero-order valence-electron chi connectivity index (χ0n) is 9.77. The predicted octanol–water partition coefficient (Wildman–Crippen LogP) is 2.75. The highest BCUT2D eigenvalue weighted by molar-refractivity contribution is 9.10. The van der Waals surface area contributed by atoms with Gasteiger partial charge in [0.25, 0.3) is 0 Å². The molecule has 1 atom stereocenters. The van der Waals surface area contributed by atoms with Gasteiger partial charge in [0.05, 0.1) is 6.04 Å². The Bertz CT molecular complexity index is 524. The van der Waals surface area contributed by atoms with Crippen molar-refractivity contribution in [3.63, 3.8) is 0 Å². The summed E-state index contributed by atoms with van der Waals surface area (Å²) < 4.78 is 6.03. The highest BCUT2D eigenvalue weighted by atomic mass is 79.9. The zero-order chi connectivity index (χ0) is 12.4. The summed E-state index contributed by atoms with van der Waals surface area (Å²) in [7, 11) is 0. The normalized spacial score (nSPS) is 12.7. The van der Waals surface area contributed by atoms with Crippen LogP contribution in [-0.2, 0) is 6.42 Å². The lowest BCUT2D eigenvalue weighted by atomic mass is 10.1. The molecule has 0 saturated carbocycles. The fourth-order valence-electron chi connectivity index (χ4n) is 1.56. The minimum atomic E-state index is -0.367. The molecule has 17 heavy (non-hydrogen) atoms. The van der Waals surface area contributed by atoms with Gasteiger partial charge in [-0.15, -0.1) is 0 Å². The Balaban J connectivity index is 2.33. The minimum absolute atomic E-state index is 0.367. The predicted molar refractivity (Wildman–Crippen MR) is 68.6 cm³/mol. The van der Waals surface area contributed by atoms with E-state index in [9.17, 15) is 0 Å². The summed E-state index contributed by atoms with van der Waals surface area (Å²) in [5.41, 5.74) is 8.25. The Morgan fingerprint density at radius 1 is 1.47 bits per heavy atom. The molecular weight excluding hydrogens is 282 g/mol. The van der Waals surface area contributed by atoms with Crippen molar-refractivity contribution < 1.29 is 4.52 Å². The van der Waals surface area contributed by atoms with E-state index in [2.05, 4.69) is 26.1 Å². The quantitative estimate of drug-likeness (QED) is 0.946. The van der Waals surface area contributed by atoms with Gasteiger partial charge in [-0.3, -0.25) is 0 Å². The van der Waals surface area contributed by atoms with Crippen LogP contribution in [0.4, 0.5) is 0 Å². The van der Waals surface area contributed by atoms with Crippen molar-refractivity contribution in [3.8, 4) is 0 Å². The lowest BCUT2D eigenvalue weighted by molar-refractivity contribution is 0.375. The van der Waals surface area contributed by atoms with Gasteiger partial charge in [-0.05, 0) is 24.1 Å². The second kappa shape index (κ2) is 4.98. The molecule has 1 aromatic heterocycles. The average molecular weight is 296 g/mol. The first-order valence-corrected chi connectivity index (χ1v) is 6.25. The Hall–Kier alpha value is -1.20. The zero-order valence-corrected chi connectivity index (χ0v) is 11.4. The molecule has 0 spiro atoms. The second-order valence-corrected chi connectivity index (χ2v) is 4.76. The third kappa shape index (κ3) is 2.56. The monoisotopic (exact) mass is 295 g/mol. The molecule has 4 nitrogen and oxygen atoms in total. The number of rotatable bonds is 3. The highest BCUT2D eigenvalue weighted by Crippen LogP contribution is 2.26. The fraction of sp³-hybridized carbons (Fsp3) is 0.333. The molecule has 1 aromatic carbocycles. The van der Waals surface area contributed by atoms with Crippen LogP contribution in [0.15, 0.2) is 27.2 Å². The molecule has 0 amide bonds. The maximum Gasteiger partial charge on any atom is 0.226 e. The van der Waals surface area contributed by atoms with Crippen LogP contribution in [0.25, 0.3) is 0 Å². The molecule has 0 aliphatic heterocycles. The average Bonchev–Trinajstić information content (AvgIpc) is 2.76. The number of aromatic nitrogens is 2. The Morgan fingerprint density at radius 3 is 2.82 bits per heavy atom. The molecule has 2 N–H and O–H groups in total. The molecule has 90 valence electrons. The van der Waals surface area contributed by atoms with Crippen molar-refractivity contribution in [1.82, 2.24) is 10.1 Å². The van der Waals surface area contributed by atoms with E-state index in [-0.39, 0.29) is 6.04 Å². The first-order chi connectivity index (χ1) is 8.11. The topological polar surface area (TPSA) is 64.9 Å². The van der Waals surface area contributed by atoms with E-state index < -0.39 is 0 Å². The lowest BCUT2D eigenvalue weighted by Crippen LogP contribution is -2.14. The summed E-state index contributed by atoms with van der Waals surface area (Å²) >= 11 is 3.50. The summed E-state index contributed by atoms with van der Waals surface area (Å²) in [5, 5.41) is 3.89. The minimum Gasteiger partial charge on any atom is -0.339 e. The molecule has 0 bridgehead atoms. The number of nitrogens with zero attached hydrogens (tertiary/aromatic N) is 2. The van der Waals surface area contributed by atoms with Crippen molar-refractivity contribution in [3.05, 3.63) is 45.5 Å². The number of hydrogen-bond acceptors (Lipinski definition) is 4. The number of hydrogen-bond donors (Lipinski definition) is 1. The molecule has 0 saturated heterocycles. The summed E-state index contributed by atoms with van der Waals surface area (Å²) in [6, 6.07) is 5.65. The maximum absolute atomic E-state index is 6.12. The van der Waals surface area contributed by atoms with E-state index in [0.717, 1.165) is 16.5 Å². The van der Waals surface area contributed by atoms with Gasteiger partial charge in [-0.25, -0.2) is 0 Å². The summed E-state index contributed by atoms with van der Waals surface area (Å²) in [6.45, 7) is 3.99. The smallest absolute Gasteiger partial charge is 0.226 e. The van der Waals surface area contributed by atoms with Crippen LogP contribution in [0.5, 0.6) is 0 Å². The van der Waals surface area contributed by atoms with Crippen molar-refractivity contribution in [2.24, 2.45) is 5.73 Å². The highest BCUT2D eigenvalue weighted by Gasteiger charge is 2.17. The van der Waals surface area contributed by atoms with E-state index in [4.69, 9.17) is 10.3 Å². The molecule has 1 heterocycles. The first-order valence-electron chi connectivity index (χ1n) is 5.46. The van der Waals surface area contributed by atoms with Gasteiger partial charge < -0.3 is 10.3 Å². The summed E-state index contributed by atoms with van der Waals surface area (Å²) in [6.07, 6.45) is 0.717. The molecular formula is C12H14BrN3O. The second-order valence-electron chi connectivity index (χ2n) is 3.90. The van der Waals surface area contributed by atoms with Crippen LogP contribution in [0, 0.1) is 6.92 Å².